The number of urea groups is 1. The van der Waals surface area contributed by atoms with Crippen molar-refractivity contribution in [1.29, 1.82) is 0 Å². The van der Waals surface area contributed by atoms with E-state index in [0.717, 1.165) is 0 Å². The zero-order chi connectivity index (χ0) is 28.3. The Kier molecular flexibility index (Phi) is 8.46. The molecule has 1 aromatic carbocycles. The van der Waals surface area contributed by atoms with Crippen molar-refractivity contribution in [2.75, 3.05) is 44.7 Å². The molecule has 3 heterocycles. The fourth-order valence-electron chi connectivity index (χ4n) is 5.32. The Balaban J connectivity index is 1.32. The first-order valence-electron chi connectivity index (χ1n) is 13.6. The molecule has 0 atom stereocenters. The SMILES string of the molecule is COc1ccc(C(=O)N2CCC(C(=O)N3CCC(C(=O)OC(C)(C)C)CC3)CC2)cc1N1CCC(=O)NC1=O. The molecule has 212 valence electrons. The standard InChI is InChI=1S/C28H38N4O7/c1-28(2,3)39-26(36)19-9-14-30(15-10-19)24(34)18-7-12-31(13-8-18)25(35)20-5-6-22(38-4)21(17-20)32-16-11-23(33)29-27(32)37/h5-6,17-19H,7-16H2,1-4H3,(H,29,33,37). The van der Waals surface area contributed by atoms with Gasteiger partial charge in [-0.25, -0.2) is 4.79 Å². The lowest BCUT2D eigenvalue weighted by Gasteiger charge is -2.37. The van der Waals surface area contributed by atoms with Gasteiger partial charge in [-0.05, 0) is 64.7 Å². The third kappa shape index (κ3) is 6.69. The number of rotatable bonds is 5. The summed E-state index contributed by atoms with van der Waals surface area (Å²) in [5, 5.41) is 2.29. The predicted molar refractivity (Wildman–Crippen MR) is 142 cm³/mol. The molecule has 1 aromatic rings. The van der Waals surface area contributed by atoms with E-state index >= 15 is 0 Å². The molecule has 4 rings (SSSR count). The van der Waals surface area contributed by atoms with Gasteiger partial charge in [-0.15, -0.1) is 0 Å². The molecular formula is C28H38N4O7. The zero-order valence-electron chi connectivity index (χ0n) is 23.2. The number of ether oxygens (including phenoxy) is 2. The van der Waals surface area contributed by atoms with Crippen LogP contribution in [0.25, 0.3) is 0 Å². The van der Waals surface area contributed by atoms with Crippen molar-refractivity contribution >= 4 is 35.4 Å². The van der Waals surface area contributed by atoms with Crippen molar-refractivity contribution in [2.24, 2.45) is 11.8 Å². The summed E-state index contributed by atoms with van der Waals surface area (Å²) >= 11 is 0. The van der Waals surface area contributed by atoms with Gasteiger partial charge < -0.3 is 19.3 Å². The van der Waals surface area contributed by atoms with Gasteiger partial charge >= 0.3 is 12.0 Å². The maximum Gasteiger partial charge on any atom is 0.328 e. The van der Waals surface area contributed by atoms with Crippen LogP contribution in [0.1, 0.15) is 63.2 Å². The second-order valence-corrected chi connectivity index (χ2v) is 11.3. The second kappa shape index (κ2) is 11.6. The predicted octanol–water partition coefficient (Wildman–Crippen LogP) is 2.57. The topological polar surface area (TPSA) is 126 Å². The van der Waals surface area contributed by atoms with Crippen molar-refractivity contribution < 1.29 is 33.4 Å². The van der Waals surface area contributed by atoms with Crippen LogP contribution in [0.5, 0.6) is 5.75 Å². The third-order valence-electron chi connectivity index (χ3n) is 7.45. The van der Waals surface area contributed by atoms with E-state index < -0.39 is 11.6 Å². The van der Waals surface area contributed by atoms with Crippen molar-refractivity contribution in [1.82, 2.24) is 15.1 Å². The third-order valence-corrected chi connectivity index (χ3v) is 7.45. The molecule has 3 aliphatic heterocycles. The van der Waals surface area contributed by atoms with Crippen molar-refractivity contribution in [3.05, 3.63) is 23.8 Å². The summed E-state index contributed by atoms with van der Waals surface area (Å²) in [7, 11) is 1.48. The van der Waals surface area contributed by atoms with E-state index in [1.54, 1.807) is 23.1 Å². The highest BCUT2D eigenvalue weighted by atomic mass is 16.6. The highest BCUT2D eigenvalue weighted by Crippen LogP contribution is 2.32. The number of benzene rings is 1. The fourth-order valence-corrected chi connectivity index (χ4v) is 5.32. The lowest BCUT2D eigenvalue weighted by molar-refractivity contribution is -0.162. The van der Waals surface area contributed by atoms with Gasteiger partial charge in [0.15, 0.2) is 0 Å². The highest BCUT2D eigenvalue weighted by Gasteiger charge is 2.35. The number of amides is 5. The quantitative estimate of drug-likeness (QED) is 0.567. The van der Waals surface area contributed by atoms with Crippen LogP contribution in [0.15, 0.2) is 18.2 Å². The first-order valence-corrected chi connectivity index (χ1v) is 13.6. The molecule has 0 aromatic heterocycles. The van der Waals surface area contributed by atoms with Gasteiger partial charge in [-0.1, -0.05) is 0 Å². The van der Waals surface area contributed by atoms with Crippen LogP contribution >= 0.6 is 0 Å². The summed E-state index contributed by atoms with van der Waals surface area (Å²) < 4.78 is 10.9. The van der Waals surface area contributed by atoms with Crippen LogP contribution in [-0.2, 0) is 19.1 Å². The molecule has 39 heavy (non-hydrogen) atoms. The average molecular weight is 543 g/mol. The molecule has 3 aliphatic rings. The number of esters is 1. The molecule has 11 heteroatoms. The highest BCUT2D eigenvalue weighted by molar-refractivity contribution is 6.07. The van der Waals surface area contributed by atoms with Gasteiger partial charge in [0.2, 0.25) is 11.8 Å². The van der Waals surface area contributed by atoms with Gasteiger partial charge in [0.25, 0.3) is 5.91 Å². The number of likely N-dealkylation sites (tertiary alicyclic amines) is 2. The van der Waals surface area contributed by atoms with E-state index in [4.69, 9.17) is 9.47 Å². The van der Waals surface area contributed by atoms with Crippen LogP contribution in [0.2, 0.25) is 0 Å². The van der Waals surface area contributed by atoms with Crippen molar-refractivity contribution in [2.45, 2.75) is 58.5 Å². The molecule has 1 N–H and O–H groups in total. The minimum absolute atomic E-state index is 0.0853. The van der Waals surface area contributed by atoms with Gasteiger partial charge in [-0.3, -0.25) is 29.4 Å². The molecule has 3 fully saturated rings. The maximum absolute atomic E-state index is 13.3. The number of hydrogen-bond donors (Lipinski definition) is 1. The number of nitrogens with one attached hydrogen (secondary N) is 1. The molecular weight excluding hydrogens is 504 g/mol. The lowest BCUT2D eigenvalue weighted by atomic mass is 9.91. The maximum atomic E-state index is 13.3. The summed E-state index contributed by atoms with van der Waals surface area (Å²) in [6, 6.07) is 4.36. The molecule has 0 saturated carbocycles. The summed E-state index contributed by atoms with van der Waals surface area (Å²) in [6.07, 6.45) is 2.49. The number of hydrogen-bond acceptors (Lipinski definition) is 7. The van der Waals surface area contributed by atoms with Gasteiger partial charge in [0.1, 0.15) is 11.4 Å². The fraction of sp³-hybridized carbons (Fsp3) is 0.607. The monoisotopic (exact) mass is 542 g/mol. The molecule has 5 amide bonds. The molecule has 0 spiro atoms. The summed E-state index contributed by atoms with van der Waals surface area (Å²) in [6.45, 7) is 7.71. The Labute approximate surface area is 228 Å². The van der Waals surface area contributed by atoms with E-state index in [1.807, 2.05) is 25.7 Å². The molecule has 0 aliphatic carbocycles. The molecule has 0 unspecified atom stereocenters. The summed E-state index contributed by atoms with van der Waals surface area (Å²) in [5.41, 5.74) is 0.309. The van der Waals surface area contributed by atoms with E-state index in [2.05, 4.69) is 5.32 Å². The van der Waals surface area contributed by atoms with Crippen molar-refractivity contribution in [3.63, 3.8) is 0 Å². The van der Waals surface area contributed by atoms with Crippen LogP contribution in [-0.4, -0.2) is 85.0 Å². The van der Waals surface area contributed by atoms with E-state index in [-0.39, 0.29) is 48.5 Å². The number of nitrogens with zero attached hydrogens (tertiary/aromatic N) is 3. The number of imide groups is 1. The number of carbonyl (C=O) groups is 5. The van der Waals surface area contributed by atoms with Crippen LogP contribution in [0, 0.1) is 11.8 Å². The smallest absolute Gasteiger partial charge is 0.328 e. The number of piperidine rings is 2. The minimum atomic E-state index is -0.552. The molecule has 0 bridgehead atoms. The van der Waals surface area contributed by atoms with Crippen LogP contribution in [0.4, 0.5) is 10.5 Å². The molecule has 11 nitrogen and oxygen atoms in total. The first kappa shape index (κ1) is 28.4. The van der Waals surface area contributed by atoms with Crippen LogP contribution < -0.4 is 15.0 Å². The Morgan fingerprint density at radius 2 is 1.51 bits per heavy atom. The Hall–Kier alpha value is -3.63. The van der Waals surface area contributed by atoms with Gasteiger partial charge in [-0.2, -0.15) is 0 Å². The Morgan fingerprint density at radius 1 is 0.897 bits per heavy atom. The van der Waals surface area contributed by atoms with Crippen LogP contribution in [0.3, 0.4) is 0 Å². The van der Waals surface area contributed by atoms with Crippen molar-refractivity contribution in [3.8, 4) is 5.75 Å². The zero-order valence-corrected chi connectivity index (χ0v) is 23.2. The van der Waals surface area contributed by atoms with E-state index in [9.17, 15) is 24.0 Å². The summed E-state index contributed by atoms with van der Waals surface area (Å²) in [4.78, 5) is 67.8. The molecule has 0 radical (unpaired) electrons. The summed E-state index contributed by atoms with van der Waals surface area (Å²) in [5.74, 6) is -0.550. The average Bonchev–Trinajstić information content (AvgIpc) is 2.91. The molecule has 3 saturated heterocycles. The number of carbonyl (C=O) groups excluding carboxylic acids is 5. The van der Waals surface area contributed by atoms with Gasteiger partial charge in [0, 0.05) is 50.6 Å². The van der Waals surface area contributed by atoms with Gasteiger partial charge in [0.05, 0.1) is 18.7 Å². The van der Waals surface area contributed by atoms with E-state index in [0.29, 0.717) is 68.9 Å². The number of methoxy groups -OCH3 is 1. The van der Waals surface area contributed by atoms with E-state index in [1.165, 1.54) is 12.0 Å². The normalized spacial score (nSPS) is 19.5. The lowest BCUT2D eigenvalue weighted by Crippen LogP contribution is -2.49. The number of anilines is 1. The minimum Gasteiger partial charge on any atom is -0.495 e. The Bertz CT molecular complexity index is 1130. The second-order valence-electron chi connectivity index (χ2n) is 11.3. The largest absolute Gasteiger partial charge is 0.495 e. The first-order chi connectivity index (χ1) is 18.5. The Morgan fingerprint density at radius 3 is 2.10 bits per heavy atom.